The number of carboxylic acids is 1. The Morgan fingerprint density at radius 3 is 1.98 bits per heavy atom. The molecule has 2 N–H and O–H groups in total. The monoisotopic (exact) mass is 740 g/mol. The van der Waals surface area contributed by atoms with E-state index >= 15 is 0 Å². The molecule has 53 heavy (non-hydrogen) atoms. The third-order valence-electron chi connectivity index (χ3n) is 9.28. The molecule has 0 aliphatic heterocycles. The summed E-state index contributed by atoms with van der Waals surface area (Å²) in [5.74, 6) is -0.410. The number of aromatic carboxylic acids is 1. The minimum Gasteiger partial charge on any atom is -0.493 e. The first-order valence-electron chi connectivity index (χ1n) is 17.3. The number of fused-ring (bicyclic) bond motifs is 1. The van der Waals surface area contributed by atoms with Gasteiger partial charge in [0.05, 0.1) is 28.0 Å². The maximum Gasteiger partial charge on any atom is 0.335 e. The van der Waals surface area contributed by atoms with E-state index in [2.05, 4.69) is 64.5 Å². The minimum absolute atomic E-state index is 0.159. The Hall–Kier alpha value is -5.83. The van der Waals surface area contributed by atoms with Crippen LogP contribution in [-0.2, 0) is 22.7 Å². The molecule has 0 saturated carbocycles. The molecule has 7 rings (SSSR count). The van der Waals surface area contributed by atoms with Crippen LogP contribution in [-0.4, -0.2) is 37.2 Å². The van der Waals surface area contributed by atoms with E-state index in [1.165, 1.54) is 12.1 Å². The number of carbonyl (C=O) groups is 1. The number of hydrogen-bond donors (Lipinski definition) is 2. The van der Waals surface area contributed by atoms with Crippen LogP contribution in [0.15, 0.2) is 168 Å². The van der Waals surface area contributed by atoms with Crippen LogP contribution in [0.3, 0.4) is 0 Å². The predicted octanol–water partition coefficient (Wildman–Crippen LogP) is 9.74. The van der Waals surface area contributed by atoms with E-state index in [1.807, 2.05) is 30.3 Å². The van der Waals surface area contributed by atoms with Crippen molar-refractivity contribution in [1.29, 1.82) is 0 Å². The van der Waals surface area contributed by atoms with Crippen LogP contribution in [0.5, 0.6) is 5.75 Å². The van der Waals surface area contributed by atoms with Crippen molar-refractivity contribution >= 4 is 44.0 Å². The molecular weight excluding hydrogens is 704 g/mol. The number of ether oxygens (including phenoxy) is 1. The molecule has 0 spiro atoms. The second-order valence-corrected chi connectivity index (χ2v) is 15.0. The van der Waals surface area contributed by atoms with Gasteiger partial charge in [0, 0.05) is 46.7 Å². The molecule has 0 saturated heterocycles. The summed E-state index contributed by atoms with van der Waals surface area (Å²) in [6, 6.07) is 48.4. The summed E-state index contributed by atoms with van der Waals surface area (Å²) >= 11 is 6.67. The Morgan fingerprint density at radius 2 is 1.34 bits per heavy atom. The van der Waals surface area contributed by atoms with Gasteiger partial charge in [-0.05, 0) is 89.5 Å². The highest BCUT2D eigenvalue weighted by Gasteiger charge is 2.26. The average molecular weight is 741 g/mol. The van der Waals surface area contributed by atoms with Crippen molar-refractivity contribution in [3.8, 4) is 5.75 Å². The van der Waals surface area contributed by atoms with Gasteiger partial charge >= 0.3 is 5.97 Å². The van der Waals surface area contributed by atoms with Crippen molar-refractivity contribution in [3.63, 3.8) is 0 Å². The van der Waals surface area contributed by atoms with Gasteiger partial charge in [0.25, 0.3) is 0 Å². The first-order valence-corrected chi connectivity index (χ1v) is 19.2. The molecule has 7 nitrogen and oxygen atoms in total. The lowest BCUT2D eigenvalue weighted by Crippen LogP contribution is -2.18. The van der Waals surface area contributed by atoms with Crippen molar-refractivity contribution in [1.82, 2.24) is 4.57 Å². The summed E-state index contributed by atoms with van der Waals surface area (Å²) in [7, 11) is -3.69. The van der Waals surface area contributed by atoms with E-state index in [0.29, 0.717) is 42.5 Å². The van der Waals surface area contributed by atoms with E-state index in [9.17, 15) is 18.3 Å². The first kappa shape index (κ1) is 35.6. The number of benzene rings is 6. The van der Waals surface area contributed by atoms with Crippen molar-refractivity contribution < 1.29 is 23.1 Å². The van der Waals surface area contributed by atoms with E-state index in [0.717, 1.165) is 33.3 Å². The molecule has 1 aromatic heterocycles. The fraction of sp³-hybridized carbons (Fsp3) is 0.114. The van der Waals surface area contributed by atoms with Gasteiger partial charge in [-0.25, -0.2) is 13.2 Å². The number of rotatable bonds is 14. The summed E-state index contributed by atoms with van der Waals surface area (Å²) in [5, 5.41) is 14.5. The molecule has 6 aromatic carbocycles. The molecule has 0 bridgehead atoms. The molecule has 0 aliphatic rings. The van der Waals surface area contributed by atoms with Crippen LogP contribution in [0.25, 0.3) is 10.9 Å². The zero-order valence-corrected chi connectivity index (χ0v) is 30.3. The van der Waals surface area contributed by atoms with Crippen LogP contribution in [0.1, 0.15) is 38.8 Å². The molecule has 0 aliphatic carbocycles. The Kier molecular flexibility index (Phi) is 10.6. The average Bonchev–Trinajstić information content (AvgIpc) is 3.47. The zero-order valence-electron chi connectivity index (χ0n) is 28.7. The van der Waals surface area contributed by atoms with Gasteiger partial charge < -0.3 is 19.7 Å². The SMILES string of the molecule is O=C(O)c1ccc(OCCc2c(CCNc3cccc(S(=O)(=O)c4ccccc4)c3)n(C(c3ccccc3)c3ccccc3)c3ccc(Cl)cc23)cc1. The lowest BCUT2D eigenvalue weighted by atomic mass is 9.97. The van der Waals surface area contributed by atoms with Crippen molar-refractivity contribution in [2.75, 3.05) is 18.5 Å². The molecule has 9 heteroatoms. The number of aromatic nitrogens is 1. The van der Waals surface area contributed by atoms with E-state index in [4.69, 9.17) is 16.3 Å². The van der Waals surface area contributed by atoms with E-state index < -0.39 is 15.8 Å². The van der Waals surface area contributed by atoms with Gasteiger partial charge in [0.15, 0.2) is 0 Å². The number of hydrogen-bond acceptors (Lipinski definition) is 5. The highest BCUT2D eigenvalue weighted by atomic mass is 35.5. The molecule has 0 radical (unpaired) electrons. The van der Waals surface area contributed by atoms with Crippen LogP contribution in [0.2, 0.25) is 5.02 Å². The third kappa shape index (κ3) is 7.84. The molecular formula is C44H37ClN2O5S. The highest BCUT2D eigenvalue weighted by molar-refractivity contribution is 7.91. The normalized spacial score (nSPS) is 11.5. The van der Waals surface area contributed by atoms with Gasteiger partial charge in [0.2, 0.25) is 9.84 Å². The van der Waals surface area contributed by atoms with Crippen LogP contribution in [0.4, 0.5) is 5.69 Å². The maximum atomic E-state index is 13.4. The lowest BCUT2D eigenvalue weighted by Gasteiger charge is -2.25. The second-order valence-electron chi connectivity index (χ2n) is 12.6. The fourth-order valence-electron chi connectivity index (χ4n) is 6.81. The van der Waals surface area contributed by atoms with Crippen LogP contribution in [0, 0.1) is 0 Å². The molecule has 1 heterocycles. The molecule has 0 fully saturated rings. The molecule has 7 aromatic rings. The van der Waals surface area contributed by atoms with Gasteiger partial charge in [-0.3, -0.25) is 0 Å². The Balaban J connectivity index is 1.27. The minimum atomic E-state index is -3.69. The smallest absolute Gasteiger partial charge is 0.335 e. The third-order valence-corrected chi connectivity index (χ3v) is 11.3. The topological polar surface area (TPSA) is 97.6 Å². The maximum absolute atomic E-state index is 13.4. The van der Waals surface area contributed by atoms with Gasteiger partial charge in [-0.2, -0.15) is 0 Å². The predicted molar refractivity (Wildman–Crippen MR) is 210 cm³/mol. The molecule has 0 atom stereocenters. The van der Waals surface area contributed by atoms with Crippen molar-refractivity contribution in [2.45, 2.75) is 28.7 Å². The Bertz CT molecular complexity index is 2410. The van der Waals surface area contributed by atoms with Crippen molar-refractivity contribution in [2.24, 2.45) is 0 Å². The van der Waals surface area contributed by atoms with Crippen molar-refractivity contribution in [3.05, 3.63) is 191 Å². The zero-order chi connectivity index (χ0) is 36.8. The first-order chi connectivity index (χ1) is 25.8. The number of carboxylic acid groups (broad SMARTS) is 1. The summed E-state index contributed by atoms with van der Waals surface area (Å²) in [4.78, 5) is 11.8. The molecule has 0 unspecified atom stereocenters. The molecule has 266 valence electrons. The van der Waals surface area contributed by atoms with Crippen LogP contribution >= 0.6 is 11.6 Å². The number of halogens is 1. The molecule has 0 amide bonds. The van der Waals surface area contributed by atoms with Crippen LogP contribution < -0.4 is 10.1 Å². The van der Waals surface area contributed by atoms with Gasteiger partial charge in [-0.15, -0.1) is 0 Å². The summed E-state index contributed by atoms with van der Waals surface area (Å²) in [6.45, 7) is 0.860. The quantitative estimate of drug-likeness (QED) is 0.115. The second kappa shape index (κ2) is 15.8. The number of nitrogens with one attached hydrogen (secondary N) is 1. The fourth-order valence-corrected chi connectivity index (χ4v) is 8.31. The summed E-state index contributed by atoms with van der Waals surface area (Å²) in [6.07, 6.45) is 1.15. The summed E-state index contributed by atoms with van der Waals surface area (Å²) in [5.41, 5.74) is 6.35. The van der Waals surface area contributed by atoms with Gasteiger partial charge in [0.1, 0.15) is 5.75 Å². The Labute approximate surface area is 314 Å². The lowest BCUT2D eigenvalue weighted by molar-refractivity contribution is 0.0697. The van der Waals surface area contributed by atoms with E-state index in [1.54, 1.807) is 60.7 Å². The van der Waals surface area contributed by atoms with Gasteiger partial charge in [-0.1, -0.05) is 96.5 Å². The van der Waals surface area contributed by atoms with E-state index in [-0.39, 0.29) is 21.4 Å². The number of sulfone groups is 1. The standard InChI is InChI=1S/C44H37ClN2O5S/c45-34-21-24-41-40(29-34)39(26-28-52-36-22-19-33(20-23-36)44(48)49)42(47(41)43(31-11-4-1-5-12-31)32-13-6-2-7-14-32)25-27-46-35-15-10-18-38(30-35)53(50,51)37-16-8-3-9-17-37/h1-24,29-30,43,46H,25-28H2,(H,48,49). The number of anilines is 1. The number of nitrogens with zero attached hydrogens (tertiary/aromatic N) is 1. The Morgan fingerprint density at radius 1 is 0.717 bits per heavy atom. The summed E-state index contributed by atoms with van der Waals surface area (Å²) < 4.78 is 35.4. The largest absolute Gasteiger partial charge is 0.493 e. The highest BCUT2D eigenvalue weighted by Crippen LogP contribution is 2.38.